The molecule has 5 nitrogen and oxygen atoms in total. The van der Waals surface area contributed by atoms with E-state index in [0.717, 1.165) is 22.7 Å². The van der Waals surface area contributed by atoms with E-state index in [9.17, 15) is 4.79 Å². The van der Waals surface area contributed by atoms with E-state index in [1.807, 2.05) is 61.5 Å². The fraction of sp³-hybridized carbons (Fsp3) is 0.200. The maximum atomic E-state index is 12.7. The number of rotatable bonds is 5. The Morgan fingerprint density at radius 3 is 2.12 bits per heavy atom. The number of carbonyl (C=O) groups excluding carboxylic acids is 1. The fourth-order valence-corrected chi connectivity index (χ4v) is 3.55. The van der Waals surface area contributed by atoms with Crippen molar-refractivity contribution >= 4 is 34.6 Å². The van der Waals surface area contributed by atoms with Crippen molar-refractivity contribution < 1.29 is 14.3 Å². The lowest BCUT2D eigenvalue weighted by Gasteiger charge is -2.12. The van der Waals surface area contributed by atoms with Gasteiger partial charge in [0.05, 0.1) is 24.8 Å². The van der Waals surface area contributed by atoms with Crippen LogP contribution in [0.4, 0.5) is 5.69 Å². The van der Waals surface area contributed by atoms with Crippen LogP contribution in [0.1, 0.15) is 12.5 Å². The van der Waals surface area contributed by atoms with E-state index in [1.54, 1.807) is 19.1 Å². The van der Waals surface area contributed by atoms with Crippen molar-refractivity contribution in [2.75, 3.05) is 20.8 Å². The molecule has 0 aromatic heterocycles. The summed E-state index contributed by atoms with van der Waals surface area (Å²) in [5, 5.41) is 0.683. The maximum absolute atomic E-state index is 12.7. The first-order valence-corrected chi connectivity index (χ1v) is 9.04. The number of hydrogen-bond donors (Lipinski definition) is 0. The molecule has 1 aliphatic rings. The van der Waals surface area contributed by atoms with E-state index in [4.69, 9.17) is 9.47 Å². The van der Waals surface area contributed by atoms with E-state index >= 15 is 0 Å². The highest BCUT2D eigenvalue weighted by molar-refractivity contribution is 8.18. The Morgan fingerprint density at radius 1 is 1.00 bits per heavy atom. The summed E-state index contributed by atoms with van der Waals surface area (Å²) >= 11 is 1.39. The second kappa shape index (κ2) is 8.10. The van der Waals surface area contributed by atoms with Gasteiger partial charge in [0.15, 0.2) is 5.17 Å². The van der Waals surface area contributed by atoms with E-state index < -0.39 is 0 Å². The van der Waals surface area contributed by atoms with Gasteiger partial charge in [-0.3, -0.25) is 9.69 Å². The third-order valence-corrected chi connectivity index (χ3v) is 4.92. The van der Waals surface area contributed by atoms with Gasteiger partial charge in [-0.05, 0) is 66.7 Å². The van der Waals surface area contributed by atoms with Crippen molar-refractivity contribution in [3.8, 4) is 11.5 Å². The van der Waals surface area contributed by atoms with Gasteiger partial charge in [-0.25, -0.2) is 4.99 Å². The van der Waals surface area contributed by atoms with Gasteiger partial charge in [-0.15, -0.1) is 0 Å². The number of hydrogen-bond acceptors (Lipinski definition) is 5. The van der Waals surface area contributed by atoms with Crippen LogP contribution in [0.2, 0.25) is 0 Å². The van der Waals surface area contributed by atoms with Crippen LogP contribution in [-0.4, -0.2) is 36.7 Å². The van der Waals surface area contributed by atoms with Crippen molar-refractivity contribution in [1.82, 2.24) is 4.90 Å². The minimum atomic E-state index is -0.0272. The van der Waals surface area contributed by atoms with Gasteiger partial charge >= 0.3 is 0 Å². The molecule has 0 saturated carbocycles. The predicted octanol–water partition coefficient (Wildman–Crippen LogP) is 4.33. The fourth-order valence-electron chi connectivity index (χ4n) is 2.49. The Balaban J connectivity index is 1.86. The lowest BCUT2D eigenvalue weighted by Crippen LogP contribution is -2.28. The smallest absolute Gasteiger partial charge is 0.266 e. The summed E-state index contributed by atoms with van der Waals surface area (Å²) in [6.07, 6.45) is 1.88. The largest absolute Gasteiger partial charge is 0.497 e. The zero-order valence-corrected chi connectivity index (χ0v) is 15.7. The molecule has 2 aromatic carbocycles. The number of thioether (sulfide) groups is 1. The molecule has 1 heterocycles. The lowest BCUT2D eigenvalue weighted by atomic mass is 10.2. The van der Waals surface area contributed by atoms with Crippen LogP contribution in [0, 0.1) is 0 Å². The van der Waals surface area contributed by atoms with Gasteiger partial charge < -0.3 is 9.47 Å². The van der Waals surface area contributed by atoms with Crippen molar-refractivity contribution in [2.45, 2.75) is 6.92 Å². The summed E-state index contributed by atoms with van der Waals surface area (Å²) in [6.45, 7) is 2.51. The van der Waals surface area contributed by atoms with E-state index in [1.165, 1.54) is 11.8 Å². The quantitative estimate of drug-likeness (QED) is 0.737. The first-order valence-electron chi connectivity index (χ1n) is 8.22. The van der Waals surface area contributed by atoms with Crippen LogP contribution in [0.5, 0.6) is 11.5 Å². The number of carbonyl (C=O) groups is 1. The van der Waals surface area contributed by atoms with Gasteiger partial charge in [-0.2, -0.15) is 0 Å². The molecule has 0 aliphatic carbocycles. The summed E-state index contributed by atoms with van der Waals surface area (Å²) in [5.74, 6) is 1.53. The SMILES string of the molecule is CCN1C(=O)/C(=C\c2ccc(OC)cc2)SC1=Nc1ccc(OC)cc1. The van der Waals surface area contributed by atoms with Crippen LogP contribution in [0.25, 0.3) is 6.08 Å². The van der Waals surface area contributed by atoms with Crippen LogP contribution in [0.15, 0.2) is 58.4 Å². The van der Waals surface area contributed by atoms with E-state index in [-0.39, 0.29) is 5.91 Å². The number of amides is 1. The zero-order valence-electron chi connectivity index (χ0n) is 14.9. The summed E-state index contributed by atoms with van der Waals surface area (Å²) in [5.41, 5.74) is 1.73. The average molecular weight is 368 g/mol. The summed E-state index contributed by atoms with van der Waals surface area (Å²) in [4.78, 5) is 19.6. The van der Waals surface area contributed by atoms with Crippen molar-refractivity contribution in [3.05, 3.63) is 59.0 Å². The molecule has 2 aromatic rings. The van der Waals surface area contributed by atoms with Crippen LogP contribution in [0.3, 0.4) is 0 Å². The van der Waals surface area contributed by atoms with E-state index in [2.05, 4.69) is 4.99 Å². The molecule has 1 saturated heterocycles. The molecule has 1 amide bonds. The predicted molar refractivity (Wildman–Crippen MR) is 106 cm³/mol. The number of nitrogens with zero attached hydrogens (tertiary/aromatic N) is 2. The molecule has 0 bridgehead atoms. The summed E-state index contributed by atoms with van der Waals surface area (Å²) in [7, 11) is 3.26. The molecular weight excluding hydrogens is 348 g/mol. The highest BCUT2D eigenvalue weighted by Gasteiger charge is 2.32. The van der Waals surface area contributed by atoms with Gasteiger partial charge in [0.2, 0.25) is 0 Å². The molecular formula is C20H20N2O3S. The third-order valence-electron chi connectivity index (χ3n) is 3.92. The molecule has 1 aliphatic heterocycles. The lowest BCUT2D eigenvalue weighted by molar-refractivity contribution is -0.122. The second-order valence-corrected chi connectivity index (χ2v) is 6.53. The van der Waals surface area contributed by atoms with Gasteiger partial charge in [0.1, 0.15) is 11.5 Å². The van der Waals surface area contributed by atoms with Crippen molar-refractivity contribution in [2.24, 2.45) is 4.99 Å². The monoisotopic (exact) mass is 368 g/mol. The number of likely N-dealkylation sites (N-methyl/N-ethyl adjacent to an activating group) is 1. The van der Waals surface area contributed by atoms with Crippen LogP contribution >= 0.6 is 11.8 Å². The zero-order chi connectivity index (χ0) is 18.5. The number of benzene rings is 2. The number of methoxy groups -OCH3 is 2. The van der Waals surface area contributed by atoms with Crippen LogP contribution < -0.4 is 9.47 Å². The van der Waals surface area contributed by atoms with Crippen molar-refractivity contribution in [3.63, 3.8) is 0 Å². The summed E-state index contributed by atoms with van der Waals surface area (Å²) in [6, 6.07) is 15.0. The first kappa shape index (κ1) is 18.1. The standard InChI is InChI=1S/C20H20N2O3S/c1-4-22-19(23)18(13-14-5-9-16(24-2)10-6-14)26-20(22)21-15-7-11-17(25-3)12-8-15/h5-13H,4H2,1-3H3/b18-13+,21-20?. The Kier molecular flexibility index (Phi) is 5.63. The van der Waals surface area contributed by atoms with Gasteiger partial charge in [0.25, 0.3) is 5.91 Å². The number of ether oxygens (including phenoxy) is 2. The summed E-state index contributed by atoms with van der Waals surface area (Å²) < 4.78 is 10.3. The normalized spacial score (nSPS) is 17.2. The molecule has 0 unspecified atom stereocenters. The topological polar surface area (TPSA) is 51.1 Å². The van der Waals surface area contributed by atoms with Crippen LogP contribution in [-0.2, 0) is 4.79 Å². The Hall–Kier alpha value is -2.73. The molecule has 26 heavy (non-hydrogen) atoms. The molecule has 134 valence electrons. The molecule has 1 fully saturated rings. The Labute approximate surface area is 157 Å². The first-order chi connectivity index (χ1) is 12.6. The van der Waals surface area contributed by atoms with Gasteiger partial charge in [-0.1, -0.05) is 12.1 Å². The highest BCUT2D eigenvalue weighted by Crippen LogP contribution is 2.34. The molecule has 0 N–H and O–H groups in total. The second-order valence-electron chi connectivity index (χ2n) is 5.53. The van der Waals surface area contributed by atoms with Crippen molar-refractivity contribution in [1.29, 1.82) is 0 Å². The molecule has 3 rings (SSSR count). The average Bonchev–Trinajstić information content (AvgIpc) is 2.97. The third kappa shape index (κ3) is 3.91. The number of amidine groups is 1. The molecule has 0 atom stereocenters. The number of aliphatic imine (C=N–C) groups is 1. The molecule has 0 spiro atoms. The molecule has 0 radical (unpaired) electrons. The minimum Gasteiger partial charge on any atom is -0.497 e. The Morgan fingerprint density at radius 2 is 1.58 bits per heavy atom. The van der Waals surface area contributed by atoms with E-state index in [0.29, 0.717) is 16.6 Å². The minimum absolute atomic E-state index is 0.0272. The maximum Gasteiger partial charge on any atom is 0.266 e. The molecule has 6 heteroatoms. The highest BCUT2D eigenvalue weighted by atomic mass is 32.2. The van der Waals surface area contributed by atoms with Gasteiger partial charge in [0, 0.05) is 6.54 Å². The Bertz CT molecular complexity index is 842.